The largest absolute Gasteiger partial charge is 0.497 e. The molecule has 0 fully saturated rings. The van der Waals surface area contributed by atoms with Gasteiger partial charge in [0.25, 0.3) is 5.70 Å². The van der Waals surface area contributed by atoms with Gasteiger partial charge in [0, 0.05) is 6.08 Å². The quantitative estimate of drug-likeness (QED) is 0.479. The maximum absolute atomic E-state index is 11.3. The molecule has 0 unspecified atom stereocenters. The van der Waals surface area contributed by atoms with Crippen molar-refractivity contribution in [3.8, 4) is 11.5 Å². The summed E-state index contributed by atoms with van der Waals surface area (Å²) in [6.45, 7) is 0. The summed E-state index contributed by atoms with van der Waals surface area (Å²) in [6, 6.07) is 13.8. The van der Waals surface area contributed by atoms with Gasteiger partial charge in [-0.3, -0.25) is 10.1 Å². The molecule has 21 heavy (non-hydrogen) atoms. The van der Waals surface area contributed by atoms with Crippen LogP contribution in [0.2, 0.25) is 0 Å². The van der Waals surface area contributed by atoms with Crippen molar-refractivity contribution in [1.29, 1.82) is 0 Å². The lowest BCUT2D eigenvalue weighted by atomic mass is 10.1. The molecule has 0 radical (unpaired) electrons. The van der Waals surface area contributed by atoms with Crippen LogP contribution in [-0.2, 0) is 0 Å². The van der Waals surface area contributed by atoms with Crippen LogP contribution in [-0.4, -0.2) is 19.1 Å². The Morgan fingerprint density at radius 2 is 1.43 bits per heavy atom. The first-order valence-electron chi connectivity index (χ1n) is 6.28. The highest BCUT2D eigenvalue weighted by atomic mass is 16.6. The topological polar surface area (TPSA) is 61.6 Å². The Hall–Kier alpha value is -2.82. The molecule has 2 aromatic rings. The molecular formula is C16H15NO4. The molecule has 0 spiro atoms. The Kier molecular flexibility index (Phi) is 4.56. The number of rotatable bonds is 5. The Morgan fingerprint density at radius 1 is 0.952 bits per heavy atom. The van der Waals surface area contributed by atoms with Crippen molar-refractivity contribution in [2.24, 2.45) is 0 Å². The SMILES string of the molecule is COc1ccc(/C=C(/c2ccc(OC)cc2)[N+](=O)[O-])cc1. The summed E-state index contributed by atoms with van der Waals surface area (Å²) >= 11 is 0. The number of hydrogen-bond donors (Lipinski definition) is 0. The molecule has 5 nitrogen and oxygen atoms in total. The van der Waals surface area contributed by atoms with Crippen molar-refractivity contribution in [2.45, 2.75) is 0 Å². The highest BCUT2D eigenvalue weighted by molar-refractivity contribution is 5.76. The summed E-state index contributed by atoms with van der Waals surface area (Å²) < 4.78 is 10.1. The van der Waals surface area contributed by atoms with Crippen molar-refractivity contribution in [3.63, 3.8) is 0 Å². The molecule has 0 aliphatic heterocycles. The van der Waals surface area contributed by atoms with E-state index in [1.165, 1.54) is 6.08 Å². The fraction of sp³-hybridized carbons (Fsp3) is 0.125. The summed E-state index contributed by atoms with van der Waals surface area (Å²) in [5.74, 6) is 1.37. The molecule has 0 saturated heterocycles. The summed E-state index contributed by atoms with van der Waals surface area (Å²) in [4.78, 5) is 10.9. The van der Waals surface area contributed by atoms with Crippen LogP contribution in [0, 0.1) is 10.1 Å². The van der Waals surface area contributed by atoms with E-state index in [0.717, 1.165) is 5.56 Å². The number of nitrogens with zero attached hydrogens (tertiary/aromatic N) is 1. The number of ether oxygens (including phenoxy) is 2. The van der Waals surface area contributed by atoms with Crippen molar-refractivity contribution < 1.29 is 14.4 Å². The average Bonchev–Trinajstić information content (AvgIpc) is 2.53. The Balaban J connectivity index is 2.36. The molecular weight excluding hydrogens is 270 g/mol. The standard InChI is InChI=1S/C16H15NO4/c1-20-14-7-3-12(4-8-14)11-16(17(18)19)13-5-9-15(21-2)10-6-13/h3-11H,1-2H3/b16-11-. The van der Waals surface area contributed by atoms with Crippen LogP contribution in [0.3, 0.4) is 0 Å². The van der Waals surface area contributed by atoms with E-state index in [9.17, 15) is 10.1 Å². The molecule has 108 valence electrons. The smallest absolute Gasteiger partial charge is 0.277 e. The molecule has 2 rings (SSSR count). The minimum atomic E-state index is -0.397. The highest BCUT2D eigenvalue weighted by Crippen LogP contribution is 2.22. The van der Waals surface area contributed by atoms with Crippen molar-refractivity contribution in [1.82, 2.24) is 0 Å². The fourth-order valence-electron chi connectivity index (χ4n) is 1.86. The Labute approximate surface area is 122 Å². The predicted octanol–water partition coefficient (Wildman–Crippen LogP) is 3.48. The van der Waals surface area contributed by atoms with Gasteiger partial charge >= 0.3 is 0 Å². The van der Waals surface area contributed by atoms with E-state index in [4.69, 9.17) is 9.47 Å². The van der Waals surface area contributed by atoms with E-state index < -0.39 is 4.92 Å². The zero-order valence-electron chi connectivity index (χ0n) is 11.8. The molecule has 0 bridgehead atoms. The molecule has 0 heterocycles. The Morgan fingerprint density at radius 3 is 1.86 bits per heavy atom. The third-order valence-corrected chi connectivity index (χ3v) is 3.00. The summed E-state index contributed by atoms with van der Waals surface area (Å²) in [7, 11) is 3.13. The molecule has 0 atom stereocenters. The van der Waals surface area contributed by atoms with Gasteiger partial charge in [0.1, 0.15) is 11.5 Å². The Bertz CT molecular complexity index is 645. The lowest BCUT2D eigenvalue weighted by Gasteiger charge is -2.03. The van der Waals surface area contributed by atoms with Crippen LogP contribution >= 0.6 is 0 Å². The van der Waals surface area contributed by atoms with Crippen molar-refractivity contribution in [2.75, 3.05) is 14.2 Å². The zero-order chi connectivity index (χ0) is 15.2. The minimum absolute atomic E-state index is 0.0304. The van der Waals surface area contributed by atoms with Gasteiger partial charge in [0.05, 0.1) is 24.7 Å². The van der Waals surface area contributed by atoms with Gasteiger partial charge in [-0.15, -0.1) is 0 Å². The maximum atomic E-state index is 11.3. The third-order valence-electron chi connectivity index (χ3n) is 3.00. The maximum Gasteiger partial charge on any atom is 0.277 e. The molecule has 0 saturated carbocycles. The van der Waals surface area contributed by atoms with Gasteiger partial charge in [-0.2, -0.15) is 0 Å². The fourth-order valence-corrected chi connectivity index (χ4v) is 1.86. The van der Waals surface area contributed by atoms with E-state index in [-0.39, 0.29) is 5.70 Å². The third kappa shape index (κ3) is 3.60. The molecule has 2 aromatic carbocycles. The average molecular weight is 285 g/mol. The molecule has 0 amide bonds. The molecule has 5 heteroatoms. The summed E-state index contributed by atoms with van der Waals surface area (Å²) in [5.41, 5.74) is 1.29. The number of methoxy groups -OCH3 is 2. The van der Waals surface area contributed by atoms with Crippen LogP contribution in [0.1, 0.15) is 11.1 Å². The van der Waals surface area contributed by atoms with Crippen LogP contribution in [0.5, 0.6) is 11.5 Å². The van der Waals surface area contributed by atoms with Crippen LogP contribution < -0.4 is 9.47 Å². The van der Waals surface area contributed by atoms with Crippen molar-refractivity contribution in [3.05, 3.63) is 69.8 Å². The van der Waals surface area contributed by atoms with E-state index in [1.807, 2.05) is 0 Å². The highest BCUT2D eigenvalue weighted by Gasteiger charge is 2.14. The van der Waals surface area contributed by atoms with E-state index >= 15 is 0 Å². The van der Waals surface area contributed by atoms with E-state index in [1.54, 1.807) is 62.8 Å². The van der Waals surface area contributed by atoms with Gasteiger partial charge in [-0.05, 0) is 42.0 Å². The zero-order valence-corrected chi connectivity index (χ0v) is 11.8. The first-order chi connectivity index (χ1) is 10.1. The van der Waals surface area contributed by atoms with Crippen LogP contribution in [0.4, 0.5) is 0 Å². The molecule has 0 N–H and O–H groups in total. The molecule has 0 aliphatic carbocycles. The van der Waals surface area contributed by atoms with Gasteiger partial charge in [0.15, 0.2) is 0 Å². The number of benzene rings is 2. The van der Waals surface area contributed by atoms with Crippen LogP contribution in [0.25, 0.3) is 11.8 Å². The van der Waals surface area contributed by atoms with Gasteiger partial charge in [-0.25, -0.2) is 0 Å². The van der Waals surface area contributed by atoms with Crippen molar-refractivity contribution >= 4 is 11.8 Å². The first kappa shape index (κ1) is 14.6. The summed E-state index contributed by atoms with van der Waals surface area (Å²) in [5, 5.41) is 11.3. The second kappa shape index (κ2) is 6.56. The van der Waals surface area contributed by atoms with Crippen LogP contribution in [0.15, 0.2) is 48.5 Å². The second-order valence-corrected chi connectivity index (χ2v) is 4.29. The monoisotopic (exact) mass is 285 g/mol. The second-order valence-electron chi connectivity index (χ2n) is 4.29. The summed E-state index contributed by atoms with van der Waals surface area (Å²) in [6.07, 6.45) is 1.53. The van der Waals surface area contributed by atoms with Gasteiger partial charge in [-0.1, -0.05) is 12.1 Å². The van der Waals surface area contributed by atoms with Gasteiger partial charge in [0.2, 0.25) is 0 Å². The number of hydrogen-bond acceptors (Lipinski definition) is 4. The molecule has 0 aliphatic rings. The predicted molar refractivity (Wildman–Crippen MR) is 80.9 cm³/mol. The normalized spacial score (nSPS) is 11.0. The van der Waals surface area contributed by atoms with Gasteiger partial charge < -0.3 is 9.47 Å². The van der Waals surface area contributed by atoms with E-state index in [0.29, 0.717) is 17.1 Å². The molecule has 0 aromatic heterocycles. The van der Waals surface area contributed by atoms with E-state index in [2.05, 4.69) is 0 Å². The first-order valence-corrected chi connectivity index (χ1v) is 6.28. The minimum Gasteiger partial charge on any atom is -0.497 e. The lowest BCUT2D eigenvalue weighted by molar-refractivity contribution is -0.374. The lowest BCUT2D eigenvalue weighted by Crippen LogP contribution is -1.98. The number of nitro groups is 1.